The zero-order valence-corrected chi connectivity index (χ0v) is 11.6. The Balaban J connectivity index is 2.16. The smallest absolute Gasteiger partial charge is 0.139 e. The van der Waals surface area contributed by atoms with Crippen LogP contribution in [0.5, 0.6) is 0 Å². The lowest BCUT2D eigenvalue weighted by Crippen LogP contribution is -2.10. The van der Waals surface area contributed by atoms with Crippen molar-refractivity contribution in [2.45, 2.75) is 45.4 Å². The van der Waals surface area contributed by atoms with Gasteiger partial charge in [0.2, 0.25) is 0 Å². The zero-order valence-electron chi connectivity index (χ0n) is 11.6. The Morgan fingerprint density at radius 3 is 2.95 bits per heavy atom. The molecule has 1 aliphatic rings. The van der Waals surface area contributed by atoms with E-state index < -0.39 is 0 Å². The average molecular weight is 259 g/mol. The van der Waals surface area contributed by atoms with E-state index in [2.05, 4.69) is 36.6 Å². The molecule has 1 aromatic carbocycles. The van der Waals surface area contributed by atoms with Crippen molar-refractivity contribution in [2.75, 3.05) is 6.61 Å². The molecule has 2 heterocycles. The summed E-state index contributed by atoms with van der Waals surface area (Å²) in [5.74, 6) is 1.07. The van der Waals surface area contributed by atoms with Crippen molar-refractivity contribution in [3.05, 3.63) is 29.6 Å². The normalized spacial score (nSPS) is 19.7. The first-order valence-corrected chi connectivity index (χ1v) is 7.03. The van der Waals surface area contributed by atoms with E-state index in [0.717, 1.165) is 36.4 Å². The molecule has 0 bridgehead atoms. The highest BCUT2D eigenvalue weighted by molar-refractivity contribution is 5.77. The second-order valence-electron chi connectivity index (χ2n) is 5.46. The van der Waals surface area contributed by atoms with Crippen molar-refractivity contribution in [3.8, 4) is 0 Å². The molecule has 1 saturated heterocycles. The van der Waals surface area contributed by atoms with E-state index in [4.69, 9.17) is 15.5 Å². The number of hydrogen-bond donors (Lipinski definition) is 1. The maximum Gasteiger partial charge on any atom is 0.139 e. The number of fused-ring (bicyclic) bond motifs is 1. The van der Waals surface area contributed by atoms with Gasteiger partial charge < -0.3 is 15.0 Å². The first kappa shape index (κ1) is 12.6. The molecule has 4 nitrogen and oxygen atoms in total. The molecular weight excluding hydrogens is 238 g/mol. The lowest BCUT2D eigenvalue weighted by Gasteiger charge is -2.16. The van der Waals surface area contributed by atoms with E-state index in [9.17, 15) is 0 Å². The molecule has 1 aromatic heterocycles. The van der Waals surface area contributed by atoms with E-state index in [1.54, 1.807) is 0 Å². The summed E-state index contributed by atoms with van der Waals surface area (Å²) in [6.45, 7) is 5.78. The zero-order chi connectivity index (χ0) is 13.4. The topological polar surface area (TPSA) is 53.1 Å². The molecule has 2 aromatic rings. The first-order chi connectivity index (χ1) is 9.20. The molecule has 4 heteroatoms. The summed E-state index contributed by atoms with van der Waals surface area (Å²) < 4.78 is 8.11. The number of hydrogen-bond acceptors (Lipinski definition) is 3. The van der Waals surface area contributed by atoms with Crippen LogP contribution in [0.4, 0.5) is 0 Å². The van der Waals surface area contributed by atoms with Gasteiger partial charge in [-0.15, -0.1) is 0 Å². The summed E-state index contributed by atoms with van der Waals surface area (Å²) >= 11 is 0. The number of aromatic nitrogens is 2. The maximum absolute atomic E-state index is 5.81. The Bertz CT molecular complexity index is 582. The molecule has 1 atom stereocenters. The molecule has 0 saturated carbocycles. The van der Waals surface area contributed by atoms with Crippen LogP contribution in [-0.2, 0) is 11.3 Å². The van der Waals surface area contributed by atoms with Crippen LogP contribution in [0.15, 0.2) is 18.2 Å². The number of benzene rings is 1. The summed E-state index contributed by atoms with van der Waals surface area (Å²) in [6, 6.07) is 6.69. The largest absolute Gasteiger partial charge is 0.370 e. The van der Waals surface area contributed by atoms with Crippen LogP contribution in [0.25, 0.3) is 11.0 Å². The predicted octanol–water partition coefficient (Wildman–Crippen LogP) is 2.93. The van der Waals surface area contributed by atoms with Gasteiger partial charge in [-0.05, 0) is 44.4 Å². The van der Waals surface area contributed by atoms with E-state index in [1.807, 2.05) is 0 Å². The van der Waals surface area contributed by atoms with Crippen molar-refractivity contribution in [2.24, 2.45) is 5.73 Å². The number of nitrogens with zero attached hydrogens (tertiary/aromatic N) is 2. The van der Waals surface area contributed by atoms with Crippen LogP contribution in [0.1, 0.15) is 50.2 Å². The van der Waals surface area contributed by atoms with Crippen LogP contribution in [0.2, 0.25) is 0 Å². The Morgan fingerprint density at radius 2 is 2.32 bits per heavy atom. The molecule has 102 valence electrons. The van der Waals surface area contributed by atoms with Gasteiger partial charge in [-0.3, -0.25) is 0 Å². The Hall–Kier alpha value is -1.39. The molecular formula is C15H21N3O. The van der Waals surface area contributed by atoms with E-state index >= 15 is 0 Å². The standard InChI is InChI=1S/C15H21N3O/c1-10(2)18-13-6-5-11(9-16)8-12(13)17-15(18)14-4-3-7-19-14/h5-6,8,10,14H,3-4,7,9,16H2,1-2H3. The minimum absolute atomic E-state index is 0.149. The Kier molecular flexibility index (Phi) is 3.29. The fourth-order valence-corrected chi connectivity index (χ4v) is 2.84. The van der Waals surface area contributed by atoms with E-state index in [0.29, 0.717) is 12.6 Å². The highest BCUT2D eigenvalue weighted by Crippen LogP contribution is 2.32. The van der Waals surface area contributed by atoms with Crippen molar-refractivity contribution < 1.29 is 4.74 Å². The summed E-state index contributed by atoms with van der Waals surface area (Å²) in [5, 5.41) is 0. The number of imidazole rings is 1. The molecule has 2 N–H and O–H groups in total. The maximum atomic E-state index is 5.81. The molecule has 0 spiro atoms. The molecule has 1 unspecified atom stereocenters. The Labute approximate surface area is 113 Å². The van der Waals surface area contributed by atoms with Crippen LogP contribution in [0.3, 0.4) is 0 Å². The minimum Gasteiger partial charge on any atom is -0.370 e. The average Bonchev–Trinajstić information content (AvgIpc) is 3.04. The lowest BCUT2D eigenvalue weighted by atomic mass is 10.2. The molecule has 0 amide bonds. The summed E-state index contributed by atoms with van der Waals surface area (Å²) in [5.41, 5.74) is 9.04. The highest BCUT2D eigenvalue weighted by atomic mass is 16.5. The van der Waals surface area contributed by atoms with Crippen molar-refractivity contribution in [1.82, 2.24) is 9.55 Å². The lowest BCUT2D eigenvalue weighted by molar-refractivity contribution is 0.101. The molecule has 1 fully saturated rings. The highest BCUT2D eigenvalue weighted by Gasteiger charge is 2.25. The van der Waals surface area contributed by atoms with Gasteiger partial charge in [0, 0.05) is 19.2 Å². The van der Waals surface area contributed by atoms with Gasteiger partial charge in [-0.2, -0.15) is 0 Å². The van der Waals surface area contributed by atoms with Gasteiger partial charge in [0.05, 0.1) is 11.0 Å². The molecule has 1 aliphatic heterocycles. The van der Waals surface area contributed by atoms with Crippen molar-refractivity contribution in [3.63, 3.8) is 0 Å². The molecule has 19 heavy (non-hydrogen) atoms. The second kappa shape index (κ2) is 4.94. The monoisotopic (exact) mass is 259 g/mol. The van der Waals surface area contributed by atoms with Crippen molar-refractivity contribution >= 4 is 11.0 Å². The first-order valence-electron chi connectivity index (χ1n) is 7.03. The number of nitrogens with two attached hydrogens (primary N) is 1. The third-order valence-electron chi connectivity index (χ3n) is 3.75. The van der Waals surface area contributed by atoms with E-state index in [-0.39, 0.29) is 6.10 Å². The molecule has 0 aliphatic carbocycles. The quantitative estimate of drug-likeness (QED) is 0.922. The van der Waals surface area contributed by atoms with Crippen LogP contribution in [0, 0.1) is 0 Å². The third-order valence-corrected chi connectivity index (χ3v) is 3.75. The minimum atomic E-state index is 0.149. The third kappa shape index (κ3) is 2.15. The predicted molar refractivity (Wildman–Crippen MR) is 75.9 cm³/mol. The SMILES string of the molecule is CC(C)n1c(C2CCCO2)nc2cc(CN)ccc21. The summed E-state index contributed by atoms with van der Waals surface area (Å²) in [6.07, 6.45) is 2.34. The van der Waals surface area contributed by atoms with Crippen LogP contribution in [-0.4, -0.2) is 16.2 Å². The van der Waals surface area contributed by atoms with Gasteiger partial charge in [0.15, 0.2) is 0 Å². The van der Waals surface area contributed by atoms with Gasteiger partial charge >= 0.3 is 0 Å². The molecule has 3 rings (SSSR count). The van der Waals surface area contributed by atoms with Gasteiger partial charge in [-0.25, -0.2) is 4.98 Å². The van der Waals surface area contributed by atoms with Crippen LogP contribution >= 0.6 is 0 Å². The number of ether oxygens (including phenoxy) is 1. The fourth-order valence-electron chi connectivity index (χ4n) is 2.84. The van der Waals surface area contributed by atoms with Gasteiger partial charge in [-0.1, -0.05) is 6.07 Å². The number of rotatable bonds is 3. The Morgan fingerprint density at radius 1 is 1.47 bits per heavy atom. The summed E-state index contributed by atoms with van der Waals surface area (Å²) in [7, 11) is 0. The second-order valence-corrected chi connectivity index (χ2v) is 5.46. The van der Waals surface area contributed by atoms with Gasteiger partial charge in [0.25, 0.3) is 0 Å². The fraction of sp³-hybridized carbons (Fsp3) is 0.533. The van der Waals surface area contributed by atoms with Crippen molar-refractivity contribution in [1.29, 1.82) is 0 Å². The summed E-state index contributed by atoms with van der Waals surface area (Å²) in [4.78, 5) is 4.81. The van der Waals surface area contributed by atoms with Crippen LogP contribution < -0.4 is 5.73 Å². The van der Waals surface area contributed by atoms with Gasteiger partial charge in [0.1, 0.15) is 11.9 Å². The molecule has 0 radical (unpaired) electrons. The van der Waals surface area contributed by atoms with E-state index in [1.165, 1.54) is 5.52 Å².